The Kier molecular flexibility index (Phi) is 3.90. The number of nitrogens with one attached hydrogen (secondary N) is 1. The molecule has 0 bridgehead atoms. The number of fused-ring (bicyclic) bond motifs is 1. The zero-order valence-corrected chi connectivity index (χ0v) is 11.8. The van der Waals surface area contributed by atoms with E-state index in [-0.39, 0.29) is 11.7 Å². The third-order valence-corrected chi connectivity index (χ3v) is 4.05. The van der Waals surface area contributed by atoms with E-state index in [2.05, 4.69) is 20.6 Å². The molecule has 2 heterocycles. The van der Waals surface area contributed by atoms with Gasteiger partial charge < -0.3 is 11.1 Å². The van der Waals surface area contributed by atoms with Gasteiger partial charge in [-0.25, -0.2) is 0 Å². The largest absolute Gasteiger partial charge is 0.453 e. The Bertz CT molecular complexity index is 645. The highest BCUT2D eigenvalue weighted by Gasteiger charge is 2.37. The lowest BCUT2D eigenvalue weighted by molar-refractivity contribution is -0.146. The monoisotopic (exact) mass is 314 g/mol. The standard InChI is InChI=1S/C13H17F3N6/c14-13(15,16)12-20-19-11-6-5-10(21-22(11)12)18-9-3-1-8(7-17)2-4-9/h5-6,8-9H,1-4,7,17H2,(H,18,21). The molecule has 0 aliphatic heterocycles. The van der Waals surface area contributed by atoms with Crippen LogP contribution in [0.2, 0.25) is 0 Å². The van der Waals surface area contributed by atoms with E-state index >= 15 is 0 Å². The molecule has 2 aromatic rings. The maximum absolute atomic E-state index is 12.8. The van der Waals surface area contributed by atoms with Crippen LogP contribution in [0.15, 0.2) is 12.1 Å². The van der Waals surface area contributed by atoms with Crippen LogP contribution < -0.4 is 11.1 Å². The van der Waals surface area contributed by atoms with Gasteiger partial charge in [0.25, 0.3) is 5.82 Å². The summed E-state index contributed by atoms with van der Waals surface area (Å²) in [6.07, 6.45) is -0.649. The third-order valence-electron chi connectivity index (χ3n) is 4.05. The van der Waals surface area contributed by atoms with Crippen molar-refractivity contribution in [3.8, 4) is 0 Å². The first kappa shape index (κ1) is 15.0. The molecule has 0 saturated heterocycles. The molecule has 1 saturated carbocycles. The Morgan fingerprint density at radius 1 is 1.18 bits per heavy atom. The number of nitrogens with zero attached hydrogens (tertiary/aromatic N) is 4. The van der Waals surface area contributed by atoms with Crippen LogP contribution in [0, 0.1) is 5.92 Å². The van der Waals surface area contributed by atoms with Crippen LogP contribution in [0.4, 0.5) is 19.0 Å². The summed E-state index contributed by atoms with van der Waals surface area (Å²) in [5, 5.41) is 13.8. The van der Waals surface area contributed by atoms with Gasteiger partial charge in [0, 0.05) is 6.04 Å². The molecule has 22 heavy (non-hydrogen) atoms. The van der Waals surface area contributed by atoms with Crippen molar-refractivity contribution in [1.29, 1.82) is 0 Å². The van der Waals surface area contributed by atoms with Gasteiger partial charge in [-0.3, -0.25) is 0 Å². The zero-order chi connectivity index (χ0) is 15.7. The predicted octanol–water partition coefficient (Wildman–Crippen LogP) is 2.07. The molecule has 0 atom stereocenters. The summed E-state index contributed by atoms with van der Waals surface area (Å²) in [5.74, 6) is -0.171. The highest BCUT2D eigenvalue weighted by Crippen LogP contribution is 2.28. The summed E-state index contributed by atoms with van der Waals surface area (Å²) in [6.45, 7) is 0.687. The van der Waals surface area contributed by atoms with Crippen molar-refractivity contribution in [3.63, 3.8) is 0 Å². The molecule has 1 fully saturated rings. The molecule has 3 N–H and O–H groups in total. The average Bonchev–Trinajstić information content (AvgIpc) is 2.91. The maximum Gasteiger partial charge on any atom is 0.453 e. The molecular weight excluding hydrogens is 297 g/mol. The van der Waals surface area contributed by atoms with Gasteiger partial charge in [-0.1, -0.05) is 0 Å². The number of anilines is 1. The fourth-order valence-electron chi connectivity index (χ4n) is 2.79. The summed E-state index contributed by atoms with van der Waals surface area (Å²) in [5.41, 5.74) is 5.73. The van der Waals surface area contributed by atoms with Crippen LogP contribution in [-0.2, 0) is 6.18 Å². The molecule has 3 rings (SSSR count). The Morgan fingerprint density at radius 2 is 1.91 bits per heavy atom. The van der Waals surface area contributed by atoms with Crippen LogP contribution in [0.1, 0.15) is 31.5 Å². The van der Waals surface area contributed by atoms with Gasteiger partial charge in [0.05, 0.1) is 0 Å². The van der Waals surface area contributed by atoms with Crippen LogP contribution in [0.25, 0.3) is 5.65 Å². The number of nitrogens with two attached hydrogens (primary N) is 1. The van der Waals surface area contributed by atoms with E-state index in [0.717, 1.165) is 30.2 Å². The smallest absolute Gasteiger partial charge is 0.366 e. The molecule has 0 amide bonds. The van der Waals surface area contributed by atoms with Gasteiger partial charge >= 0.3 is 6.18 Å². The van der Waals surface area contributed by atoms with E-state index in [1.807, 2.05) is 0 Å². The summed E-state index contributed by atoms with van der Waals surface area (Å²) < 4.78 is 39.2. The number of halogens is 3. The van der Waals surface area contributed by atoms with Gasteiger partial charge in [-0.05, 0) is 50.3 Å². The lowest BCUT2D eigenvalue weighted by atomic mass is 9.86. The summed E-state index contributed by atoms with van der Waals surface area (Å²) in [6, 6.07) is 3.31. The highest BCUT2D eigenvalue weighted by atomic mass is 19.4. The minimum absolute atomic E-state index is 0.0738. The molecule has 1 aliphatic carbocycles. The summed E-state index contributed by atoms with van der Waals surface area (Å²) in [4.78, 5) is 0. The molecule has 2 aromatic heterocycles. The molecule has 9 heteroatoms. The minimum Gasteiger partial charge on any atom is -0.366 e. The van der Waals surface area contributed by atoms with Crippen LogP contribution >= 0.6 is 0 Å². The SMILES string of the molecule is NCC1CCC(Nc2ccc3nnc(C(F)(F)F)n3n2)CC1. The molecule has 120 valence electrons. The van der Waals surface area contributed by atoms with Crippen LogP contribution in [0.3, 0.4) is 0 Å². The van der Waals surface area contributed by atoms with E-state index in [4.69, 9.17) is 5.73 Å². The number of alkyl halides is 3. The van der Waals surface area contributed by atoms with Gasteiger partial charge in [0.2, 0.25) is 0 Å². The van der Waals surface area contributed by atoms with E-state index in [0.29, 0.717) is 18.3 Å². The number of rotatable bonds is 3. The second kappa shape index (κ2) is 5.71. The van der Waals surface area contributed by atoms with Crippen molar-refractivity contribution in [3.05, 3.63) is 18.0 Å². The van der Waals surface area contributed by atoms with E-state index in [1.54, 1.807) is 6.07 Å². The molecule has 0 unspecified atom stereocenters. The quantitative estimate of drug-likeness (QED) is 0.906. The van der Waals surface area contributed by atoms with Gasteiger partial charge in [0.15, 0.2) is 5.65 Å². The summed E-state index contributed by atoms with van der Waals surface area (Å²) in [7, 11) is 0. The molecule has 0 spiro atoms. The van der Waals surface area contributed by atoms with E-state index < -0.39 is 12.0 Å². The Balaban J connectivity index is 1.77. The van der Waals surface area contributed by atoms with Crippen molar-refractivity contribution in [2.75, 3.05) is 11.9 Å². The second-order valence-corrected chi connectivity index (χ2v) is 5.61. The van der Waals surface area contributed by atoms with E-state index in [9.17, 15) is 13.2 Å². The summed E-state index contributed by atoms with van der Waals surface area (Å²) >= 11 is 0. The first-order valence-corrected chi connectivity index (χ1v) is 7.23. The first-order chi connectivity index (χ1) is 10.5. The Labute approximate surface area is 124 Å². The minimum atomic E-state index is -4.58. The Morgan fingerprint density at radius 3 is 2.55 bits per heavy atom. The molecule has 0 aromatic carbocycles. The molecule has 1 aliphatic rings. The maximum atomic E-state index is 12.8. The van der Waals surface area contributed by atoms with Crippen molar-refractivity contribution >= 4 is 11.5 Å². The van der Waals surface area contributed by atoms with Crippen molar-refractivity contribution in [1.82, 2.24) is 19.8 Å². The molecular formula is C13H17F3N6. The van der Waals surface area contributed by atoms with Gasteiger partial charge in [-0.15, -0.1) is 15.3 Å². The van der Waals surface area contributed by atoms with Gasteiger partial charge in [0.1, 0.15) is 5.82 Å². The van der Waals surface area contributed by atoms with Crippen molar-refractivity contribution in [2.24, 2.45) is 11.7 Å². The number of hydrogen-bond acceptors (Lipinski definition) is 5. The third kappa shape index (κ3) is 2.99. The second-order valence-electron chi connectivity index (χ2n) is 5.61. The average molecular weight is 314 g/mol. The molecule has 0 radical (unpaired) electrons. The zero-order valence-electron chi connectivity index (χ0n) is 11.8. The normalized spacial score (nSPS) is 22.9. The van der Waals surface area contributed by atoms with E-state index in [1.165, 1.54) is 6.07 Å². The predicted molar refractivity (Wildman–Crippen MR) is 74.2 cm³/mol. The Hall–Kier alpha value is -1.90. The fourth-order valence-corrected chi connectivity index (χ4v) is 2.79. The molecule has 6 nitrogen and oxygen atoms in total. The topological polar surface area (TPSA) is 81.1 Å². The van der Waals surface area contributed by atoms with Crippen molar-refractivity contribution < 1.29 is 13.2 Å². The number of aromatic nitrogens is 4. The van der Waals surface area contributed by atoms with Crippen molar-refractivity contribution in [2.45, 2.75) is 37.9 Å². The number of hydrogen-bond donors (Lipinski definition) is 2. The van der Waals surface area contributed by atoms with Gasteiger partial charge in [-0.2, -0.15) is 17.7 Å². The first-order valence-electron chi connectivity index (χ1n) is 7.23. The lowest BCUT2D eigenvalue weighted by Gasteiger charge is -2.28. The fraction of sp³-hybridized carbons (Fsp3) is 0.615. The van der Waals surface area contributed by atoms with Crippen LogP contribution in [-0.4, -0.2) is 32.4 Å². The van der Waals surface area contributed by atoms with Crippen LogP contribution in [0.5, 0.6) is 0 Å². The highest BCUT2D eigenvalue weighted by molar-refractivity contribution is 5.44. The lowest BCUT2D eigenvalue weighted by Crippen LogP contribution is -2.29.